The molecule has 0 fully saturated rings. The van der Waals surface area contributed by atoms with Gasteiger partial charge in [0.1, 0.15) is 0 Å². The van der Waals surface area contributed by atoms with Gasteiger partial charge in [0, 0.05) is 17.6 Å². The lowest BCUT2D eigenvalue weighted by molar-refractivity contribution is 0.0699. The number of nitrogens with zero attached hydrogens (tertiary/aromatic N) is 2. The number of halogens is 2. The molecule has 2 aromatic heterocycles. The fraction of sp³-hybridized carbons (Fsp3) is 0. The third-order valence-corrected chi connectivity index (χ3v) is 3.01. The second kappa shape index (κ2) is 4.90. The van der Waals surface area contributed by atoms with E-state index in [0.717, 1.165) is 12.1 Å². The summed E-state index contributed by atoms with van der Waals surface area (Å²) in [7, 11) is 0. The van der Waals surface area contributed by atoms with Gasteiger partial charge in [0.2, 0.25) is 0 Å². The van der Waals surface area contributed by atoms with Gasteiger partial charge in [-0.3, -0.25) is 4.98 Å². The lowest BCUT2D eigenvalue weighted by Crippen LogP contribution is -2.02. The number of benzene rings is 1. The Labute approximate surface area is 117 Å². The third-order valence-electron chi connectivity index (χ3n) is 3.01. The number of aromatic carboxylic acids is 1. The zero-order valence-corrected chi connectivity index (χ0v) is 10.5. The highest BCUT2D eigenvalue weighted by atomic mass is 19.2. The van der Waals surface area contributed by atoms with E-state index in [9.17, 15) is 18.7 Å². The summed E-state index contributed by atoms with van der Waals surface area (Å²) in [5.74, 6) is -3.44. The molecule has 0 bridgehead atoms. The highest BCUT2D eigenvalue weighted by molar-refractivity contribution is 6.03. The van der Waals surface area contributed by atoms with Crippen molar-refractivity contribution in [1.82, 2.24) is 9.97 Å². The van der Waals surface area contributed by atoms with Crippen molar-refractivity contribution in [3.63, 3.8) is 0 Å². The van der Waals surface area contributed by atoms with E-state index in [2.05, 4.69) is 9.97 Å². The van der Waals surface area contributed by atoms with Crippen LogP contribution in [0, 0.1) is 11.6 Å². The number of carboxylic acid groups (broad SMARTS) is 1. The zero-order chi connectivity index (χ0) is 15.0. The quantitative estimate of drug-likeness (QED) is 0.785. The molecule has 21 heavy (non-hydrogen) atoms. The average molecular weight is 286 g/mol. The largest absolute Gasteiger partial charge is 0.478 e. The molecule has 0 aliphatic rings. The standard InChI is InChI=1S/C15H8F2N2O2/c16-10-5-8-9(15(20)21)6-14(12-3-1-2-4-18-12)19-13(8)7-11(10)17/h1-7H,(H,20,21). The summed E-state index contributed by atoms with van der Waals surface area (Å²) in [5, 5.41) is 9.29. The maximum atomic E-state index is 13.3. The van der Waals surface area contributed by atoms with E-state index >= 15 is 0 Å². The minimum Gasteiger partial charge on any atom is -0.478 e. The molecule has 0 saturated heterocycles. The van der Waals surface area contributed by atoms with Crippen molar-refractivity contribution in [1.29, 1.82) is 0 Å². The number of pyridine rings is 2. The summed E-state index contributed by atoms with van der Waals surface area (Å²) >= 11 is 0. The lowest BCUT2D eigenvalue weighted by Gasteiger charge is -2.07. The molecule has 4 nitrogen and oxygen atoms in total. The molecule has 1 N–H and O–H groups in total. The maximum absolute atomic E-state index is 13.3. The minimum absolute atomic E-state index is 0.0427. The van der Waals surface area contributed by atoms with Crippen molar-refractivity contribution >= 4 is 16.9 Å². The molecule has 3 aromatic rings. The van der Waals surface area contributed by atoms with Crippen LogP contribution in [-0.4, -0.2) is 21.0 Å². The van der Waals surface area contributed by atoms with Crippen molar-refractivity contribution < 1.29 is 18.7 Å². The van der Waals surface area contributed by atoms with Gasteiger partial charge in [-0.15, -0.1) is 0 Å². The summed E-state index contributed by atoms with van der Waals surface area (Å²) in [4.78, 5) is 19.6. The summed E-state index contributed by atoms with van der Waals surface area (Å²) in [6.45, 7) is 0. The van der Waals surface area contributed by atoms with Crippen LogP contribution in [0.1, 0.15) is 10.4 Å². The summed E-state index contributed by atoms with van der Waals surface area (Å²) in [6, 6.07) is 8.09. The van der Waals surface area contributed by atoms with Crippen molar-refractivity contribution in [2.24, 2.45) is 0 Å². The van der Waals surface area contributed by atoms with Gasteiger partial charge in [-0.2, -0.15) is 0 Å². The zero-order valence-electron chi connectivity index (χ0n) is 10.5. The van der Waals surface area contributed by atoms with Gasteiger partial charge in [-0.05, 0) is 24.3 Å². The Morgan fingerprint density at radius 1 is 1.05 bits per heavy atom. The SMILES string of the molecule is O=C(O)c1cc(-c2ccccn2)nc2cc(F)c(F)cc12. The number of fused-ring (bicyclic) bond motifs is 1. The third kappa shape index (κ3) is 2.31. The highest BCUT2D eigenvalue weighted by Crippen LogP contribution is 2.25. The molecule has 0 aliphatic carbocycles. The van der Waals surface area contributed by atoms with Crippen LogP contribution in [0.25, 0.3) is 22.3 Å². The van der Waals surface area contributed by atoms with Gasteiger partial charge < -0.3 is 5.11 Å². The molecule has 3 rings (SSSR count). The van der Waals surface area contributed by atoms with Crippen molar-refractivity contribution in [2.75, 3.05) is 0 Å². The van der Waals surface area contributed by atoms with Gasteiger partial charge in [0.05, 0.1) is 22.5 Å². The lowest BCUT2D eigenvalue weighted by atomic mass is 10.1. The minimum atomic E-state index is -1.24. The number of rotatable bonds is 2. The molecule has 0 saturated carbocycles. The molecular formula is C15H8F2N2O2. The predicted octanol–water partition coefficient (Wildman–Crippen LogP) is 3.27. The first-order valence-corrected chi connectivity index (χ1v) is 6.01. The van der Waals surface area contributed by atoms with E-state index < -0.39 is 17.6 Å². The van der Waals surface area contributed by atoms with E-state index in [-0.39, 0.29) is 22.2 Å². The fourth-order valence-electron chi connectivity index (χ4n) is 2.04. The molecular weight excluding hydrogens is 278 g/mol. The molecule has 104 valence electrons. The molecule has 0 spiro atoms. The Kier molecular flexibility index (Phi) is 3.06. The first kappa shape index (κ1) is 13.1. The van der Waals surface area contributed by atoms with Crippen LogP contribution >= 0.6 is 0 Å². The Bertz CT molecular complexity index is 851. The number of carboxylic acids is 1. The van der Waals surface area contributed by atoms with E-state index in [1.165, 1.54) is 12.3 Å². The number of hydrogen-bond acceptors (Lipinski definition) is 3. The highest BCUT2D eigenvalue weighted by Gasteiger charge is 2.16. The van der Waals surface area contributed by atoms with E-state index in [1.807, 2.05) is 0 Å². The Morgan fingerprint density at radius 3 is 2.48 bits per heavy atom. The summed E-state index contributed by atoms with van der Waals surface area (Å²) in [5.41, 5.74) is 0.646. The van der Waals surface area contributed by atoms with Crippen LogP contribution in [0.5, 0.6) is 0 Å². The summed E-state index contributed by atoms with van der Waals surface area (Å²) in [6.07, 6.45) is 1.53. The molecule has 2 heterocycles. The van der Waals surface area contributed by atoms with Gasteiger partial charge in [-0.1, -0.05) is 6.07 Å². The van der Waals surface area contributed by atoms with Crippen LogP contribution in [0.4, 0.5) is 8.78 Å². The average Bonchev–Trinajstić information content (AvgIpc) is 2.48. The normalized spacial score (nSPS) is 10.8. The van der Waals surface area contributed by atoms with Crippen LogP contribution in [0.2, 0.25) is 0 Å². The second-order valence-electron chi connectivity index (χ2n) is 4.36. The molecule has 0 radical (unpaired) electrons. The van der Waals surface area contributed by atoms with E-state index in [1.54, 1.807) is 18.2 Å². The van der Waals surface area contributed by atoms with Crippen molar-refractivity contribution in [3.8, 4) is 11.4 Å². The Balaban J connectivity index is 2.35. The molecule has 0 aliphatic heterocycles. The molecule has 1 aromatic carbocycles. The molecule has 0 atom stereocenters. The van der Waals surface area contributed by atoms with Gasteiger partial charge in [0.15, 0.2) is 11.6 Å². The summed E-state index contributed by atoms with van der Waals surface area (Å²) < 4.78 is 26.6. The monoisotopic (exact) mass is 286 g/mol. The van der Waals surface area contributed by atoms with Gasteiger partial charge in [-0.25, -0.2) is 18.6 Å². The Morgan fingerprint density at radius 2 is 1.81 bits per heavy atom. The van der Waals surface area contributed by atoms with Gasteiger partial charge in [0.25, 0.3) is 0 Å². The first-order valence-electron chi connectivity index (χ1n) is 6.01. The van der Waals surface area contributed by atoms with Crippen molar-refractivity contribution in [3.05, 3.63) is 59.8 Å². The molecule has 6 heteroatoms. The van der Waals surface area contributed by atoms with E-state index in [4.69, 9.17) is 0 Å². The molecule has 0 amide bonds. The van der Waals surface area contributed by atoms with Crippen LogP contribution < -0.4 is 0 Å². The Hall–Kier alpha value is -2.89. The maximum Gasteiger partial charge on any atom is 0.336 e. The van der Waals surface area contributed by atoms with Crippen molar-refractivity contribution in [2.45, 2.75) is 0 Å². The smallest absolute Gasteiger partial charge is 0.336 e. The van der Waals surface area contributed by atoms with Crippen LogP contribution in [0.3, 0.4) is 0 Å². The van der Waals surface area contributed by atoms with Crippen LogP contribution in [-0.2, 0) is 0 Å². The number of carbonyl (C=O) groups is 1. The number of aromatic nitrogens is 2. The fourth-order valence-corrected chi connectivity index (χ4v) is 2.04. The van der Waals surface area contributed by atoms with E-state index in [0.29, 0.717) is 5.69 Å². The van der Waals surface area contributed by atoms with Gasteiger partial charge >= 0.3 is 5.97 Å². The van der Waals surface area contributed by atoms with Crippen LogP contribution in [0.15, 0.2) is 42.6 Å². The number of hydrogen-bond donors (Lipinski definition) is 1. The first-order chi connectivity index (χ1) is 10.1. The predicted molar refractivity (Wildman–Crippen MR) is 71.8 cm³/mol. The molecule has 0 unspecified atom stereocenters. The second-order valence-corrected chi connectivity index (χ2v) is 4.36. The topological polar surface area (TPSA) is 63.1 Å².